The van der Waals surface area contributed by atoms with Gasteiger partial charge in [-0.2, -0.15) is 13.2 Å². The number of rotatable bonds is 3. The Bertz CT molecular complexity index is 834. The lowest BCUT2D eigenvalue weighted by Gasteiger charge is -2.44. The Hall–Kier alpha value is -2.81. The third-order valence-corrected chi connectivity index (χ3v) is 4.21. The van der Waals surface area contributed by atoms with Crippen molar-refractivity contribution >= 4 is 11.8 Å². The summed E-state index contributed by atoms with van der Waals surface area (Å²) < 4.78 is 46.3. The van der Waals surface area contributed by atoms with Crippen LogP contribution in [0.5, 0.6) is 0 Å². The average Bonchev–Trinajstić information content (AvgIpc) is 3.00. The van der Waals surface area contributed by atoms with Gasteiger partial charge in [0.05, 0.1) is 0 Å². The number of urea groups is 1. The van der Waals surface area contributed by atoms with Gasteiger partial charge < -0.3 is 20.2 Å². The third-order valence-electron chi connectivity index (χ3n) is 4.21. The summed E-state index contributed by atoms with van der Waals surface area (Å²) >= 11 is 0. The van der Waals surface area contributed by atoms with Crippen LogP contribution in [0, 0.1) is 12.8 Å². The van der Waals surface area contributed by atoms with E-state index in [-0.39, 0.29) is 11.3 Å². The molecule has 0 bridgehead atoms. The molecular formula is C17H15F3N2O4. The number of Topliss-reactive ketones (excluding diaryl/α,β-unsaturated/α-hetero) is 1. The molecule has 2 aromatic rings. The number of aryl methyl sites for hydroxylation is 1. The molecule has 3 rings (SSSR count). The summed E-state index contributed by atoms with van der Waals surface area (Å²) in [6, 6.07) is 7.31. The van der Waals surface area contributed by atoms with Crippen LogP contribution in [0.4, 0.5) is 18.0 Å². The SMILES string of the molecule is Cc1ccc([C@H]2NC(=O)N[C@@](O)(C(F)(F)F)[C@H]2C(=O)c2ccccc2)o1. The monoisotopic (exact) mass is 368 g/mol. The summed E-state index contributed by atoms with van der Waals surface area (Å²) in [4.78, 5) is 24.7. The van der Waals surface area contributed by atoms with E-state index in [9.17, 15) is 27.9 Å². The van der Waals surface area contributed by atoms with Gasteiger partial charge >= 0.3 is 12.2 Å². The van der Waals surface area contributed by atoms with Crippen molar-refractivity contribution < 1.29 is 32.3 Å². The molecule has 3 N–H and O–H groups in total. The number of furan rings is 1. The van der Waals surface area contributed by atoms with E-state index in [1.165, 1.54) is 41.7 Å². The molecule has 6 nitrogen and oxygen atoms in total. The van der Waals surface area contributed by atoms with E-state index in [1.807, 2.05) is 0 Å². The number of ketones is 1. The molecule has 0 aliphatic carbocycles. The predicted molar refractivity (Wildman–Crippen MR) is 83.1 cm³/mol. The van der Waals surface area contributed by atoms with Crippen molar-refractivity contribution in [2.24, 2.45) is 5.92 Å². The minimum absolute atomic E-state index is 0.0357. The van der Waals surface area contributed by atoms with E-state index >= 15 is 0 Å². The highest BCUT2D eigenvalue weighted by atomic mass is 19.4. The Kier molecular flexibility index (Phi) is 4.27. The Balaban J connectivity index is 2.15. The third kappa shape index (κ3) is 2.94. The Morgan fingerprint density at radius 1 is 1.19 bits per heavy atom. The quantitative estimate of drug-likeness (QED) is 0.727. The van der Waals surface area contributed by atoms with Gasteiger partial charge in [0.1, 0.15) is 23.5 Å². The molecule has 2 heterocycles. The van der Waals surface area contributed by atoms with Crippen molar-refractivity contribution in [1.82, 2.24) is 10.6 Å². The Morgan fingerprint density at radius 2 is 1.85 bits per heavy atom. The highest BCUT2D eigenvalue weighted by Gasteiger charge is 2.66. The van der Waals surface area contributed by atoms with Crippen LogP contribution >= 0.6 is 0 Å². The van der Waals surface area contributed by atoms with Gasteiger partial charge in [-0.15, -0.1) is 0 Å². The molecule has 3 atom stereocenters. The van der Waals surface area contributed by atoms with E-state index < -0.39 is 35.7 Å². The van der Waals surface area contributed by atoms with Gasteiger partial charge in [-0.25, -0.2) is 4.79 Å². The molecule has 0 radical (unpaired) electrons. The first-order valence-corrected chi connectivity index (χ1v) is 7.67. The number of benzene rings is 1. The molecule has 26 heavy (non-hydrogen) atoms. The number of amides is 2. The molecular weight excluding hydrogens is 353 g/mol. The van der Waals surface area contributed by atoms with Gasteiger partial charge in [-0.05, 0) is 19.1 Å². The van der Waals surface area contributed by atoms with E-state index in [0.29, 0.717) is 5.76 Å². The highest BCUT2D eigenvalue weighted by molar-refractivity contribution is 6.00. The fourth-order valence-corrected chi connectivity index (χ4v) is 2.98. The molecule has 1 aliphatic heterocycles. The molecule has 138 valence electrons. The largest absolute Gasteiger partial charge is 0.464 e. The minimum atomic E-state index is -5.29. The summed E-state index contributed by atoms with van der Waals surface area (Å²) in [7, 11) is 0. The first kappa shape index (κ1) is 18.0. The lowest BCUT2D eigenvalue weighted by atomic mass is 9.79. The van der Waals surface area contributed by atoms with Gasteiger partial charge in [0.25, 0.3) is 0 Å². The number of halogens is 3. The topological polar surface area (TPSA) is 91.6 Å². The molecule has 2 amide bonds. The number of carbonyl (C=O) groups is 2. The average molecular weight is 368 g/mol. The maximum Gasteiger partial charge on any atom is 0.437 e. The van der Waals surface area contributed by atoms with Crippen LogP contribution in [0.15, 0.2) is 46.9 Å². The molecule has 9 heteroatoms. The zero-order chi connectivity index (χ0) is 19.1. The summed E-state index contributed by atoms with van der Waals surface area (Å²) in [6.07, 6.45) is -5.29. The van der Waals surface area contributed by atoms with Gasteiger partial charge in [-0.3, -0.25) is 4.79 Å². The van der Waals surface area contributed by atoms with Crippen LogP contribution in [0.2, 0.25) is 0 Å². The van der Waals surface area contributed by atoms with Crippen LogP contribution in [0.1, 0.15) is 27.9 Å². The second-order valence-electron chi connectivity index (χ2n) is 6.00. The summed E-state index contributed by atoms with van der Waals surface area (Å²) in [5.74, 6) is -2.76. The molecule has 0 spiro atoms. The smallest absolute Gasteiger partial charge is 0.437 e. The van der Waals surface area contributed by atoms with Crippen LogP contribution in [0.3, 0.4) is 0 Å². The van der Waals surface area contributed by atoms with Crippen molar-refractivity contribution in [1.29, 1.82) is 0 Å². The standard InChI is InChI=1S/C17H15F3N2O4/c1-9-7-8-11(26-9)13-12(14(23)10-5-3-2-4-6-10)16(25,17(18,19)20)22-15(24)21-13/h2-8,12-13,25H,1H3,(H2,21,22,24)/t12-,13-,16+/m1/s1. The first-order chi connectivity index (χ1) is 12.1. The summed E-state index contributed by atoms with van der Waals surface area (Å²) in [5.41, 5.74) is -3.79. The van der Waals surface area contributed by atoms with Crippen molar-refractivity contribution in [3.63, 3.8) is 0 Å². The van der Waals surface area contributed by atoms with Crippen molar-refractivity contribution in [3.05, 3.63) is 59.5 Å². The number of hydrogen-bond acceptors (Lipinski definition) is 4. The molecule has 0 unspecified atom stereocenters. The van der Waals surface area contributed by atoms with E-state index in [1.54, 1.807) is 13.0 Å². The fraction of sp³-hybridized carbons (Fsp3) is 0.294. The summed E-state index contributed by atoms with van der Waals surface area (Å²) in [5, 5.41) is 14.1. The maximum absolute atomic E-state index is 13.6. The van der Waals surface area contributed by atoms with Crippen molar-refractivity contribution in [3.8, 4) is 0 Å². The van der Waals surface area contributed by atoms with Crippen LogP contribution < -0.4 is 10.6 Å². The van der Waals surface area contributed by atoms with E-state index in [2.05, 4.69) is 5.32 Å². The normalized spacial score (nSPS) is 26.1. The second kappa shape index (κ2) is 6.17. The molecule has 1 aromatic heterocycles. The molecule has 1 saturated heterocycles. The van der Waals surface area contributed by atoms with Gasteiger partial charge in [-0.1, -0.05) is 30.3 Å². The first-order valence-electron chi connectivity index (χ1n) is 7.67. The fourth-order valence-electron chi connectivity index (χ4n) is 2.98. The Labute approximate surface area is 146 Å². The lowest BCUT2D eigenvalue weighted by Crippen LogP contribution is -2.72. The van der Waals surface area contributed by atoms with Crippen LogP contribution in [0.25, 0.3) is 0 Å². The Morgan fingerprint density at radius 3 is 2.38 bits per heavy atom. The molecule has 1 aliphatic rings. The van der Waals surface area contributed by atoms with Crippen LogP contribution in [-0.4, -0.2) is 28.8 Å². The maximum atomic E-state index is 13.6. The van der Waals surface area contributed by atoms with Gasteiger partial charge in [0.2, 0.25) is 5.72 Å². The number of carbonyl (C=O) groups excluding carboxylic acids is 2. The number of hydrogen-bond donors (Lipinski definition) is 3. The van der Waals surface area contributed by atoms with Gasteiger partial charge in [0.15, 0.2) is 5.78 Å². The molecule has 0 saturated carbocycles. The highest BCUT2D eigenvalue weighted by Crippen LogP contribution is 2.44. The number of aliphatic hydroxyl groups is 1. The predicted octanol–water partition coefficient (Wildman–Crippen LogP) is 2.69. The van der Waals surface area contributed by atoms with E-state index in [0.717, 1.165) is 0 Å². The van der Waals surface area contributed by atoms with E-state index in [4.69, 9.17) is 4.42 Å². The van der Waals surface area contributed by atoms with Crippen LogP contribution in [-0.2, 0) is 0 Å². The molecule has 1 fully saturated rings. The number of alkyl halides is 3. The van der Waals surface area contributed by atoms with Crippen molar-refractivity contribution in [2.75, 3.05) is 0 Å². The molecule has 1 aromatic carbocycles. The zero-order valence-corrected chi connectivity index (χ0v) is 13.5. The summed E-state index contributed by atoms with van der Waals surface area (Å²) in [6.45, 7) is 1.57. The lowest BCUT2D eigenvalue weighted by molar-refractivity contribution is -0.288. The van der Waals surface area contributed by atoms with Gasteiger partial charge in [0, 0.05) is 5.56 Å². The number of nitrogens with one attached hydrogen (secondary N) is 2. The minimum Gasteiger partial charge on any atom is -0.464 e. The second-order valence-corrected chi connectivity index (χ2v) is 6.00. The van der Waals surface area contributed by atoms with Crippen molar-refractivity contribution in [2.45, 2.75) is 24.9 Å². The zero-order valence-electron chi connectivity index (χ0n) is 13.5.